The van der Waals surface area contributed by atoms with Crippen molar-refractivity contribution in [2.45, 2.75) is 6.04 Å². The van der Waals surface area contributed by atoms with E-state index in [1.807, 2.05) is 43.3 Å². The molecule has 1 amide bonds. The van der Waals surface area contributed by atoms with Crippen LogP contribution < -0.4 is 4.90 Å². The highest BCUT2D eigenvalue weighted by molar-refractivity contribution is 6.46. The summed E-state index contributed by atoms with van der Waals surface area (Å²) in [6, 6.07) is 13.4. The Balaban J connectivity index is 2.11. The SMILES string of the molecule is CN(C)c1ccc(C2/C(=C(\O)c3ccc(Cl)cc3)C(=O)C(=O)N2C)cc1. The molecule has 0 aromatic heterocycles. The van der Waals surface area contributed by atoms with Crippen LogP contribution >= 0.6 is 11.6 Å². The van der Waals surface area contributed by atoms with Gasteiger partial charge < -0.3 is 14.9 Å². The molecule has 0 aliphatic carbocycles. The number of benzene rings is 2. The van der Waals surface area contributed by atoms with Crippen LogP contribution in [0.5, 0.6) is 0 Å². The first-order valence-corrected chi connectivity index (χ1v) is 8.47. The number of likely N-dealkylation sites (N-methyl/N-ethyl adjacent to an activating group) is 1. The molecule has 3 rings (SSSR count). The molecule has 1 saturated heterocycles. The van der Waals surface area contributed by atoms with Crippen molar-refractivity contribution in [2.24, 2.45) is 0 Å². The molecule has 2 aromatic rings. The van der Waals surface area contributed by atoms with E-state index in [2.05, 4.69) is 0 Å². The summed E-state index contributed by atoms with van der Waals surface area (Å²) in [7, 11) is 5.43. The molecule has 1 N–H and O–H groups in total. The molecular weight excluding hydrogens is 352 g/mol. The molecule has 0 saturated carbocycles. The Kier molecular flexibility index (Phi) is 4.74. The molecule has 0 spiro atoms. The van der Waals surface area contributed by atoms with Gasteiger partial charge in [0.15, 0.2) is 0 Å². The largest absolute Gasteiger partial charge is 0.507 e. The number of amides is 1. The highest BCUT2D eigenvalue weighted by Gasteiger charge is 2.44. The minimum atomic E-state index is -0.693. The molecule has 134 valence electrons. The lowest BCUT2D eigenvalue weighted by Gasteiger charge is -2.22. The Morgan fingerprint density at radius 2 is 1.62 bits per heavy atom. The van der Waals surface area contributed by atoms with Crippen LogP contribution in [0, 0.1) is 0 Å². The number of carbonyl (C=O) groups is 2. The summed E-state index contributed by atoms with van der Waals surface area (Å²) in [4.78, 5) is 28.1. The lowest BCUT2D eigenvalue weighted by Crippen LogP contribution is -2.24. The molecule has 1 aliphatic heterocycles. The van der Waals surface area contributed by atoms with Crippen LogP contribution in [0.25, 0.3) is 5.76 Å². The number of Topliss-reactive ketones (excluding diaryl/α,β-unsaturated/α-hetero) is 1. The van der Waals surface area contributed by atoms with Gasteiger partial charge in [-0.15, -0.1) is 0 Å². The average Bonchev–Trinajstić information content (AvgIpc) is 2.86. The number of carbonyl (C=O) groups excluding carboxylic acids is 2. The van der Waals surface area contributed by atoms with Crippen molar-refractivity contribution in [3.05, 3.63) is 70.3 Å². The minimum absolute atomic E-state index is 0.0809. The maximum atomic E-state index is 12.5. The Hall–Kier alpha value is -2.79. The fraction of sp³-hybridized carbons (Fsp3) is 0.200. The number of hydrogen-bond donors (Lipinski definition) is 1. The quantitative estimate of drug-likeness (QED) is 0.510. The van der Waals surface area contributed by atoms with Gasteiger partial charge >= 0.3 is 0 Å². The zero-order chi connectivity index (χ0) is 19.0. The highest BCUT2D eigenvalue weighted by Crippen LogP contribution is 2.38. The van der Waals surface area contributed by atoms with E-state index in [-0.39, 0.29) is 11.3 Å². The molecule has 26 heavy (non-hydrogen) atoms. The molecule has 1 aliphatic rings. The predicted octanol–water partition coefficient (Wildman–Crippen LogP) is 3.46. The maximum Gasteiger partial charge on any atom is 0.295 e. The van der Waals surface area contributed by atoms with Crippen LogP contribution in [0.2, 0.25) is 5.02 Å². The standard InChI is InChI=1S/C20H19ClN2O3/c1-22(2)15-10-6-12(7-11-15)17-16(19(25)20(26)23(17)3)18(24)13-4-8-14(21)9-5-13/h4-11,17,24H,1-3H3/b18-16+. The first kappa shape index (κ1) is 18.0. The number of nitrogens with zero attached hydrogens (tertiary/aromatic N) is 2. The molecule has 6 heteroatoms. The summed E-state index contributed by atoms with van der Waals surface area (Å²) in [5.41, 5.74) is 2.28. The van der Waals surface area contributed by atoms with E-state index in [1.165, 1.54) is 4.90 Å². The molecule has 5 nitrogen and oxygen atoms in total. The van der Waals surface area contributed by atoms with Crippen molar-refractivity contribution < 1.29 is 14.7 Å². The minimum Gasteiger partial charge on any atom is -0.507 e. The summed E-state index contributed by atoms with van der Waals surface area (Å²) in [5.74, 6) is -1.53. The Bertz CT molecular complexity index is 886. The van der Waals surface area contributed by atoms with Crippen molar-refractivity contribution in [1.29, 1.82) is 0 Å². The average molecular weight is 371 g/mol. The first-order chi connectivity index (χ1) is 12.3. The maximum absolute atomic E-state index is 12.5. The van der Waals surface area contributed by atoms with E-state index in [0.29, 0.717) is 10.6 Å². The number of anilines is 1. The monoisotopic (exact) mass is 370 g/mol. The van der Waals surface area contributed by atoms with Gasteiger partial charge in [-0.1, -0.05) is 23.7 Å². The van der Waals surface area contributed by atoms with Gasteiger partial charge in [-0.3, -0.25) is 9.59 Å². The third-order valence-electron chi connectivity index (χ3n) is 4.52. The summed E-state index contributed by atoms with van der Waals surface area (Å²) in [6.07, 6.45) is 0. The van der Waals surface area contributed by atoms with Gasteiger partial charge in [-0.05, 0) is 42.0 Å². The smallest absolute Gasteiger partial charge is 0.295 e. The first-order valence-electron chi connectivity index (χ1n) is 8.09. The lowest BCUT2D eigenvalue weighted by molar-refractivity contribution is -0.139. The van der Waals surface area contributed by atoms with Crippen molar-refractivity contribution in [3.63, 3.8) is 0 Å². The fourth-order valence-corrected chi connectivity index (χ4v) is 3.18. The molecule has 1 unspecified atom stereocenters. The summed E-state index contributed by atoms with van der Waals surface area (Å²) < 4.78 is 0. The molecule has 2 aromatic carbocycles. The van der Waals surface area contributed by atoms with Crippen molar-refractivity contribution >= 4 is 34.7 Å². The molecule has 0 radical (unpaired) electrons. The third-order valence-corrected chi connectivity index (χ3v) is 4.77. The van der Waals surface area contributed by atoms with E-state index in [9.17, 15) is 14.7 Å². The van der Waals surface area contributed by atoms with E-state index in [0.717, 1.165) is 11.3 Å². The molecular formula is C20H19ClN2O3. The number of aliphatic hydroxyl groups excluding tert-OH is 1. The van der Waals surface area contributed by atoms with Crippen molar-refractivity contribution in [2.75, 3.05) is 26.0 Å². The van der Waals surface area contributed by atoms with Gasteiger partial charge in [0.25, 0.3) is 11.7 Å². The van der Waals surface area contributed by atoms with E-state index in [4.69, 9.17) is 11.6 Å². The van der Waals surface area contributed by atoms with Crippen LogP contribution in [0.3, 0.4) is 0 Å². The zero-order valence-electron chi connectivity index (χ0n) is 14.7. The fourth-order valence-electron chi connectivity index (χ4n) is 3.06. The Morgan fingerprint density at radius 3 is 2.15 bits per heavy atom. The number of aliphatic hydroxyl groups is 1. The molecule has 0 bridgehead atoms. The second-order valence-electron chi connectivity index (χ2n) is 6.40. The van der Waals surface area contributed by atoms with Crippen molar-refractivity contribution in [3.8, 4) is 0 Å². The topological polar surface area (TPSA) is 60.9 Å². The highest BCUT2D eigenvalue weighted by atomic mass is 35.5. The van der Waals surface area contributed by atoms with Crippen LogP contribution in [-0.2, 0) is 9.59 Å². The molecule has 1 atom stereocenters. The Labute approximate surface area is 157 Å². The molecule has 1 heterocycles. The normalized spacial score (nSPS) is 19.1. The number of likely N-dealkylation sites (tertiary alicyclic amines) is 1. The summed E-state index contributed by atoms with van der Waals surface area (Å²) in [6.45, 7) is 0. The van der Waals surface area contributed by atoms with Gasteiger partial charge in [0.05, 0.1) is 11.6 Å². The predicted molar refractivity (Wildman–Crippen MR) is 102 cm³/mol. The summed E-state index contributed by atoms with van der Waals surface area (Å²) in [5, 5.41) is 11.2. The number of hydrogen-bond acceptors (Lipinski definition) is 4. The molecule has 1 fully saturated rings. The van der Waals surface area contributed by atoms with Crippen LogP contribution in [-0.4, -0.2) is 42.8 Å². The second kappa shape index (κ2) is 6.84. The number of halogens is 1. The number of ketones is 1. The van der Waals surface area contributed by atoms with Gasteiger partial charge in [-0.2, -0.15) is 0 Å². The second-order valence-corrected chi connectivity index (χ2v) is 6.84. The van der Waals surface area contributed by atoms with E-state index in [1.54, 1.807) is 31.3 Å². The lowest BCUT2D eigenvalue weighted by atomic mass is 9.95. The number of rotatable bonds is 3. The van der Waals surface area contributed by atoms with Crippen LogP contribution in [0.4, 0.5) is 5.69 Å². The van der Waals surface area contributed by atoms with Gasteiger partial charge in [0.1, 0.15) is 5.76 Å². The van der Waals surface area contributed by atoms with Crippen LogP contribution in [0.1, 0.15) is 17.2 Å². The van der Waals surface area contributed by atoms with E-state index < -0.39 is 17.7 Å². The van der Waals surface area contributed by atoms with Gasteiger partial charge in [0, 0.05) is 37.4 Å². The third kappa shape index (κ3) is 3.06. The van der Waals surface area contributed by atoms with Gasteiger partial charge in [0.2, 0.25) is 0 Å². The zero-order valence-corrected chi connectivity index (χ0v) is 15.5. The Morgan fingerprint density at radius 1 is 1.04 bits per heavy atom. The summed E-state index contributed by atoms with van der Waals surface area (Å²) >= 11 is 5.88. The van der Waals surface area contributed by atoms with Crippen LogP contribution in [0.15, 0.2) is 54.1 Å². The van der Waals surface area contributed by atoms with Gasteiger partial charge in [-0.25, -0.2) is 0 Å². The van der Waals surface area contributed by atoms with E-state index >= 15 is 0 Å². The van der Waals surface area contributed by atoms with Crippen molar-refractivity contribution in [1.82, 2.24) is 4.90 Å².